The molecule has 2 nitrogen and oxygen atoms in total. The first kappa shape index (κ1) is 9.90. The van der Waals surface area contributed by atoms with Crippen molar-refractivity contribution < 1.29 is 4.79 Å². The van der Waals surface area contributed by atoms with Gasteiger partial charge in [0.05, 0.1) is 0 Å². The number of rotatable bonds is 2. The van der Waals surface area contributed by atoms with Gasteiger partial charge in [-0.25, -0.2) is 0 Å². The summed E-state index contributed by atoms with van der Waals surface area (Å²) in [5, 5.41) is 0. The van der Waals surface area contributed by atoms with Crippen LogP contribution in [-0.4, -0.2) is 28.6 Å². The van der Waals surface area contributed by atoms with E-state index in [2.05, 4.69) is 26.5 Å². The van der Waals surface area contributed by atoms with Crippen LogP contribution >= 0.6 is 12.6 Å². The molecule has 1 rings (SSSR count). The molecule has 0 aliphatic carbocycles. The van der Waals surface area contributed by atoms with Crippen molar-refractivity contribution in [2.45, 2.75) is 38.6 Å². The average Bonchev–Trinajstić information content (AvgIpc) is 2.30. The summed E-state index contributed by atoms with van der Waals surface area (Å²) in [5.74, 6) is 0.915. The second-order valence-electron chi connectivity index (χ2n) is 3.93. The third-order valence-electron chi connectivity index (χ3n) is 2.53. The van der Waals surface area contributed by atoms with Gasteiger partial charge in [0.1, 0.15) is 0 Å². The van der Waals surface area contributed by atoms with Gasteiger partial charge in [-0.1, -0.05) is 0 Å². The van der Waals surface area contributed by atoms with E-state index >= 15 is 0 Å². The minimum atomic E-state index is 0.0834. The maximum Gasteiger partial charge on any atom is 0.223 e. The quantitative estimate of drug-likeness (QED) is 0.653. The molecule has 0 saturated carbocycles. The molecule has 12 heavy (non-hydrogen) atoms. The molecule has 1 amide bonds. The van der Waals surface area contributed by atoms with Gasteiger partial charge in [-0.15, -0.1) is 0 Å². The molecule has 1 saturated heterocycles. The SMILES string of the molecule is CC1(C)CCCN1C(=O)CCS. The van der Waals surface area contributed by atoms with Crippen molar-refractivity contribution in [3.63, 3.8) is 0 Å². The molecule has 0 aromatic rings. The van der Waals surface area contributed by atoms with Crippen LogP contribution in [0.25, 0.3) is 0 Å². The zero-order chi connectivity index (χ0) is 9.19. The van der Waals surface area contributed by atoms with Crippen LogP contribution < -0.4 is 0 Å². The van der Waals surface area contributed by atoms with Crippen molar-refractivity contribution in [2.75, 3.05) is 12.3 Å². The van der Waals surface area contributed by atoms with Crippen LogP contribution in [0.4, 0.5) is 0 Å². The number of hydrogen-bond acceptors (Lipinski definition) is 2. The summed E-state index contributed by atoms with van der Waals surface area (Å²) in [4.78, 5) is 13.5. The van der Waals surface area contributed by atoms with Gasteiger partial charge in [-0.2, -0.15) is 12.6 Å². The van der Waals surface area contributed by atoms with E-state index in [0.29, 0.717) is 12.2 Å². The molecule has 0 aromatic carbocycles. The summed E-state index contributed by atoms with van der Waals surface area (Å²) in [6, 6.07) is 0. The molecule has 1 aliphatic rings. The summed E-state index contributed by atoms with van der Waals surface area (Å²) >= 11 is 4.06. The monoisotopic (exact) mass is 187 g/mol. The number of nitrogens with zero attached hydrogens (tertiary/aromatic N) is 1. The zero-order valence-corrected chi connectivity index (χ0v) is 8.73. The Morgan fingerprint density at radius 3 is 2.67 bits per heavy atom. The number of thiol groups is 1. The van der Waals surface area contributed by atoms with E-state index in [4.69, 9.17) is 0 Å². The van der Waals surface area contributed by atoms with E-state index in [1.54, 1.807) is 0 Å². The Morgan fingerprint density at radius 2 is 2.25 bits per heavy atom. The Bertz CT molecular complexity index is 179. The average molecular weight is 187 g/mol. The van der Waals surface area contributed by atoms with Gasteiger partial charge in [0.2, 0.25) is 5.91 Å². The molecule has 0 atom stereocenters. The van der Waals surface area contributed by atoms with E-state index in [9.17, 15) is 4.79 Å². The van der Waals surface area contributed by atoms with Gasteiger partial charge in [-0.05, 0) is 32.4 Å². The fourth-order valence-electron chi connectivity index (χ4n) is 1.80. The number of carbonyl (C=O) groups is 1. The first-order chi connectivity index (χ1) is 5.58. The van der Waals surface area contributed by atoms with Crippen molar-refractivity contribution in [1.82, 2.24) is 4.90 Å². The zero-order valence-electron chi connectivity index (χ0n) is 7.84. The lowest BCUT2D eigenvalue weighted by Gasteiger charge is -2.31. The highest BCUT2D eigenvalue weighted by molar-refractivity contribution is 7.80. The van der Waals surface area contributed by atoms with Gasteiger partial charge in [0.15, 0.2) is 0 Å². The van der Waals surface area contributed by atoms with Crippen LogP contribution in [0.15, 0.2) is 0 Å². The Morgan fingerprint density at radius 1 is 1.58 bits per heavy atom. The van der Waals surface area contributed by atoms with Gasteiger partial charge in [0, 0.05) is 18.5 Å². The third kappa shape index (κ3) is 1.94. The van der Waals surface area contributed by atoms with E-state index in [-0.39, 0.29) is 11.4 Å². The van der Waals surface area contributed by atoms with Crippen LogP contribution in [0.1, 0.15) is 33.1 Å². The highest BCUT2D eigenvalue weighted by atomic mass is 32.1. The van der Waals surface area contributed by atoms with E-state index in [1.165, 1.54) is 0 Å². The number of carbonyl (C=O) groups excluding carboxylic acids is 1. The fraction of sp³-hybridized carbons (Fsp3) is 0.889. The maximum atomic E-state index is 11.5. The van der Waals surface area contributed by atoms with Crippen molar-refractivity contribution in [2.24, 2.45) is 0 Å². The first-order valence-corrected chi connectivity index (χ1v) is 5.12. The molecular formula is C9H17NOS. The van der Waals surface area contributed by atoms with Gasteiger partial charge in [-0.3, -0.25) is 4.79 Å². The normalized spacial score (nSPS) is 21.4. The standard InChI is InChI=1S/C9H17NOS/c1-9(2)5-3-6-10(9)8(11)4-7-12/h12H,3-7H2,1-2H3. The van der Waals surface area contributed by atoms with Crippen LogP contribution in [0.2, 0.25) is 0 Å². The Kier molecular flexibility index (Phi) is 3.04. The molecule has 0 aromatic heterocycles. The largest absolute Gasteiger partial charge is 0.338 e. The second-order valence-corrected chi connectivity index (χ2v) is 4.38. The van der Waals surface area contributed by atoms with Crippen molar-refractivity contribution >= 4 is 18.5 Å². The smallest absolute Gasteiger partial charge is 0.223 e. The second kappa shape index (κ2) is 3.69. The highest BCUT2D eigenvalue weighted by Gasteiger charge is 2.34. The van der Waals surface area contributed by atoms with Crippen LogP contribution in [-0.2, 0) is 4.79 Å². The molecule has 1 fully saturated rings. The maximum absolute atomic E-state index is 11.5. The molecule has 0 bridgehead atoms. The topological polar surface area (TPSA) is 20.3 Å². The lowest BCUT2D eigenvalue weighted by molar-refractivity contribution is -0.133. The number of hydrogen-bond donors (Lipinski definition) is 1. The van der Waals surface area contributed by atoms with Gasteiger partial charge >= 0.3 is 0 Å². The summed E-state index contributed by atoms with van der Waals surface area (Å²) in [7, 11) is 0. The number of amides is 1. The van der Waals surface area contributed by atoms with E-state index in [0.717, 1.165) is 19.4 Å². The summed E-state index contributed by atoms with van der Waals surface area (Å²) < 4.78 is 0. The molecule has 1 aliphatic heterocycles. The minimum Gasteiger partial charge on any atom is -0.338 e. The molecule has 0 unspecified atom stereocenters. The van der Waals surface area contributed by atoms with Crippen LogP contribution in [0.5, 0.6) is 0 Å². The lowest BCUT2D eigenvalue weighted by atomic mass is 10.0. The lowest BCUT2D eigenvalue weighted by Crippen LogP contribution is -2.42. The van der Waals surface area contributed by atoms with Gasteiger partial charge < -0.3 is 4.90 Å². The first-order valence-electron chi connectivity index (χ1n) is 4.49. The summed E-state index contributed by atoms with van der Waals surface area (Å²) in [6.07, 6.45) is 2.85. The van der Waals surface area contributed by atoms with Crippen molar-refractivity contribution in [3.8, 4) is 0 Å². The molecular weight excluding hydrogens is 170 g/mol. The van der Waals surface area contributed by atoms with Crippen molar-refractivity contribution in [3.05, 3.63) is 0 Å². The molecule has 1 heterocycles. The Balaban J connectivity index is 2.56. The van der Waals surface area contributed by atoms with Crippen LogP contribution in [0, 0.1) is 0 Å². The summed E-state index contributed by atoms with van der Waals surface area (Å²) in [5.41, 5.74) is 0.0834. The predicted octanol–water partition coefficient (Wildman–Crippen LogP) is 1.71. The molecule has 0 radical (unpaired) electrons. The molecule has 70 valence electrons. The summed E-state index contributed by atoms with van der Waals surface area (Å²) in [6.45, 7) is 5.20. The van der Waals surface area contributed by atoms with Crippen LogP contribution in [0.3, 0.4) is 0 Å². The van der Waals surface area contributed by atoms with Gasteiger partial charge in [0.25, 0.3) is 0 Å². The predicted molar refractivity (Wildman–Crippen MR) is 53.5 cm³/mol. The molecule has 0 spiro atoms. The fourth-order valence-corrected chi connectivity index (χ4v) is 1.99. The van der Waals surface area contributed by atoms with E-state index in [1.807, 2.05) is 4.90 Å². The van der Waals surface area contributed by atoms with E-state index < -0.39 is 0 Å². The Hall–Kier alpha value is -0.180. The minimum absolute atomic E-state index is 0.0834. The van der Waals surface area contributed by atoms with Crippen molar-refractivity contribution in [1.29, 1.82) is 0 Å². The number of likely N-dealkylation sites (tertiary alicyclic amines) is 1. The molecule has 0 N–H and O–H groups in total. The Labute approximate surface area is 79.7 Å². The highest BCUT2D eigenvalue weighted by Crippen LogP contribution is 2.28. The molecule has 3 heteroatoms. The third-order valence-corrected chi connectivity index (χ3v) is 2.75.